The molecule has 0 bridgehead atoms. The van der Waals surface area contributed by atoms with Crippen LogP contribution < -0.4 is 5.32 Å². The quantitative estimate of drug-likeness (QED) is 0.927. The SMILES string of the molecule is CCNc1ncc(F)c(-c2c(F)ccc(C)c2F)n1. The Labute approximate surface area is 108 Å². The molecule has 0 aliphatic heterocycles. The smallest absolute Gasteiger partial charge is 0.223 e. The lowest BCUT2D eigenvalue weighted by Crippen LogP contribution is -2.05. The Morgan fingerprint density at radius 2 is 1.89 bits per heavy atom. The Bertz CT molecular complexity index is 614. The van der Waals surface area contributed by atoms with Gasteiger partial charge in [0.15, 0.2) is 5.82 Å². The van der Waals surface area contributed by atoms with Gasteiger partial charge in [-0.05, 0) is 25.5 Å². The first-order valence-electron chi connectivity index (χ1n) is 5.76. The van der Waals surface area contributed by atoms with Gasteiger partial charge in [-0.3, -0.25) is 0 Å². The van der Waals surface area contributed by atoms with Crippen molar-refractivity contribution in [3.8, 4) is 11.3 Å². The number of aryl methyl sites for hydroxylation is 1. The molecule has 0 amide bonds. The number of benzene rings is 1. The molecule has 0 aliphatic rings. The van der Waals surface area contributed by atoms with Crippen LogP contribution >= 0.6 is 0 Å². The lowest BCUT2D eigenvalue weighted by Gasteiger charge is -2.09. The van der Waals surface area contributed by atoms with Gasteiger partial charge in [0.05, 0.1) is 11.8 Å². The second-order valence-corrected chi connectivity index (χ2v) is 3.97. The summed E-state index contributed by atoms with van der Waals surface area (Å²) in [7, 11) is 0. The summed E-state index contributed by atoms with van der Waals surface area (Å²) in [4.78, 5) is 7.51. The van der Waals surface area contributed by atoms with E-state index < -0.39 is 23.0 Å². The zero-order valence-corrected chi connectivity index (χ0v) is 10.5. The largest absolute Gasteiger partial charge is 0.354 e. The Balaban J connectivity index is 2.64. The van der Waals surface area contributed by atoms with Crippen LogP contribution in [0.1, 0.15) is 12.5 Å². The Kier molecular flexibility index (Phi) is 3.69. The van der Waals surface area contributed by atoms with Gasteiger partial charge in [-0.2, -0.15) is 0 Å². The van der Waals surface area contributed by atoms with Crippen molar-refractivity contribution in [2.24, 2.45) is 0 Å². The van der Waals surface area contributed by atoms with E-state index in [9.17, 15) is 13.2 Å². The summed E-state index contributed by atoms with van der Waals surface area (Å²) in [5.41, 5.74) is -0.636. The summed E-state index contributed by atoms with van der Waals surface area (Å²) in [5.74, 6) is -2.42. The summed E-state index contributed by atoms with van der Waals surface area (Å²) < 4.78 is 41.4. The number of aromatic nitrogens is 2. The molecule has 0 saturated heterocycles. The molecule has 3 nitrogen and oxygen atoms in total. The molecular weight excluding hydrogens is 255 g/mol. The van der Waals surface area contributed by atoms with Gasteiger partial charge in [0.25, 0.3) is 0 Å². The molecule has 6 heteroatoms. The van der Waals surface area contributed by atoms with E-state index in [1.165, 1.54) is 13.0 Å². The monoisotopic (exact) mass is 267 g/mol. The summed E-state index contributed by atoms with van der Waals surface area (Å²) in [6.45, 7) is 3.80. The van der Waals surface area contributed by atoms with Gasteiger partial charge in [-0.25, -0.2) is 23.1 Å². The van der Waals surface area contributed by atoms with E-state index in [1.54, 1.807) is 6.92 Å². The van der Waals surface area contributed by atoms with Crippen molar-refractivity contribution >= 4 is 5.95 Å². The van der Waals surface area contributed by atoms with Crippen LogP contribution in [0.4, 0.5) is 19.1 Å². The van der Waals surface area contributed by atoms with E-state index in [2.05, 4.69) is 15.3 Å². The number of hydrogen-bond acceptors (Lipinski definition) is 3. The summed E-state index contributed by atoms with van der Waals surface area (Å²) in [6, 6.07) is 2.38. The minimum absolute atomic E-state index is 0.124. The Morgan fingerprint density at radius 3 is 2.58 bits per heavy atom. The minimum Gasteiger partial charge on any atom is -0.354 e. The zero-order chi connectivity index (χ0) is 14.0. The maximum Gasteiger partial charge on any atom is 0.223 e. The molecule has 2 rings (SSSR count). The Morgan fingerprint density at radius 1 is 1.16 bits per heavy atom. The van der Waals surface area contributed by atoms with Crippen LogP contribution in [0.25, 0.3) is 11.3 Å². The topological polar surface area (TPSA) is 37.8 Å². The second-order valence-electron chi connectivity index (χ2n) is 3.97. The predicted octanol–water partition coefficient (Wildman–Crippen LogP) is 3.30. The van der Waals surface area contributed by atoms with E-state index in [0.717, 1.165) is 12.3 Å². The highest BCUT2D eigenvalue weighted by atomic mass is 19.1. The summed E-state index contributed by atoms with van der Waals surface area (Å²) >= 11 is 0. The van der Waals surface area contributed by atoms with Crippen molar-refractivity contribution in [1.82, 2.24) is 9.97 Å². The highest BCUT2D eigenvalue weighted by Crippen LogP contribution is 2.28. The molecule has 1 N–H and O–H groups in total. The van der Waals surface area contributed by atoms with Crippen LogP contribution in [0.5, 0.6) is 0 Å². The third kappa shape index (κ3) is 2.52. The Hall–Kier alpha value is -2.11. The van der Waals surface area contributed by atoms with Gasteiger partial charge in [0, 0.05) is 6.54 Å². The van der Waals surface area contributed by atoms with Gasteiger partial charge in [0.1, 0.15) is 17.3 Å². The fraction of sp³-hybridized carbons (Fsp3) is 0.231. The third-order valence-corrected chi connectivity index (χ3v) is 2.60. The van der Waals surface area contributed by atoms with Crippen LogP contribution in [-0.2, 0) is 0 Å². The van der Waals surface area contributed by atoms with E-state index >= 15 is 0 Å². The number of nitrogens with one attached hydrogen (secondary N) is 1. The normalized spacial score (nSPS) is 10.6. The summed E-state index contributed by atoms with van der Waals surface area (Å²) in [6.07, 6.45) is 0.890. The van der Waals surface area contributed by atoms with Crippen molar-refractivity contribution < 1.29 is 13.2 Å². The standard InChI is InChI=1S/C13H12F3N3/c1-3-17-13-18-6-9(15)12(19-13)10-8(14)5-4-7(2)11(10)16/h4-6H,3H2,1-2H3,(H,17,18,19). The zero-order valence-electron chi connectivity index (χ0n) is 10.5. The molecule has 1 aromatic carbocycles. The molecule has 0 fully saturated rings. The molecule has 0 radical (unpaired) electrons. The van der Waals surface area contributed by atoms with Gasteiger partial charge in [-0.1, -0.05) is 6.07 Å². The second kappa shape index (κ2) is 5.26. The van der Waals surface area contributed by atoms with Crippen molar-refractivity contribution in [1.29, 1.82) is 0 Å². The summed E-state index contributed by atoms with van der Waals surface area (Å²) in [5, 5.41) is 2.76. The van der Waals surface area contributed by atoms with E-state index in [4.69, 9.17) is 0 Å². The molecule has 0 saturated carbocycles. The number of hydrogen-bond donors (Lipinski definition) is 1. The molecule has 1 aromatic heterocycles. The van der Waals surface area contributed by atoms with Gasteiger partial charge in [-0.15, -0.1) is 0 Å². The highest BCUT2D eigenvalue weighted by Gasteiger charge is 2.19. The third-order valence-electron chi connectivity index (χ3n) is 2.60. The van der Waals surface area contributed by atoms with E-state index in [-0.39, 0.29) is 17.2 Å². The maximum atomic E-state index is 14.0. The first-order chi connectivity index (χ1) is 9.04. The average molecular weight is 267 g/mol. The number of rotatable bonds is 3. The highest BCUT2D eigenvalue weighted by molar-refractivity contribution is 5.63. The van der Waals surface area contributed by atoms with Crippen LogP contribution in [0.3, 0.4) is 0 Å². The van der Waals surface area contributed by atoms with Crippen molar-refractivity contribution in [3.05, 3.63) is 41.3 Å². The number of nitrogens with zero attached hydrogens (tertiary/aromatic N) is 2. The molecule has 2 aromatic rings. The molecule has 0 unspecified atom stereocenters. The molecule has 0 atom stereocenters. The number of anilines is 1. The van der Waals surface area contributed by atoms with Crippen LogP contribution in [0.2, 0.25) is 0 Å². The predicted molar refractivity (Wildman–Crippen MR) is 66.2 cm³/mol. The lowest BCUT2D eigenvalue weighted by molar-refractivity contribution is 0.573. The minimum atomic E-state index is -0.870. The van der Waals surface area contributed by atoms with Gasteiger partial charge in [0.2, 0.25) is 5.95 Å². The van der Waals surface area contributed by atoms with E-state index in [1.807, 2.05) is 0 Å². The molecule has 19 heavy (non-hydrogen) atoms. The molecule has 100 valence electrons. The van der Waals surface area contributed by atoms with Crippen LogP contribution in [-0.4, -0.2) is 16.5 Å². The lowest BCUT2D eigenvalue weighted by atomic mass is 10.1. The first kappa shape index (κ1) is 13.3. The van der Waals surface area contributed by atoms with Gasteiger partial charge >= 0.3 is 0 Å². The molecule has 0 aliphatic carbocycles. The first-order valence-corrected chi connectivity index (χ1v) is 5.76. The van der Waals surface area contributed by atoms with Crippen molar-refractivity contribution in [2.75, 3.05) is 11.9 Å². The fourth-order valence-electron chi connectivity index (χ4n) is 1.66. The van der Waals surface area contributed by atoms with Gasteiger partial charge < -0.3 is 5.32 Å². The van der Waals surface area contributed by atoms with Crippen LogP contribution in [0.15, 0.2) is 18.3 Å². The average Bonchev–Trinajstić information content (AvgIpc) is 2.38. The number of halogens is 3. The molecule has 0 spiro atoms. The van der Waals surface area contributed by atoms with Crippen molar-refractivity contribution in [2.45, 2.75) is 13.8 Å². The maximum absolute atomic E-state index is 14.0. The van der Waals surface area contributed by atoms with E-state index in [0.29, 0.717) is 6.54 Å². The molecular formula is C13H12F3N3. The van der Waals surface area contributed by atoms with Crippen molar-refractivity contribution in [3.63, 3.8) is 0 Å². The fourth-order valence-corrected chi connectivity index (χ4v) is 1.66. The van der Waals surface area contributed by atoms with Crippen LogP contribution in [0, 0.1) is 24.4 Å². The molecule has 1 heterocycles.